The number of methoxy groups -OCH3 is 1. The van der Waals surface area contributed by atoms with Crippen LogP contribution in [0.4, 0.5) is 0 Å². The first kappa shape index (κ1) is 21.3. The number of nitrogens with zero attached hydrogens (tertiary/aromatic N) is 1. The van der Waals surface area contributed by atoms with Crippen LogP contribution >= 0.6 is 24.0 Å². The molecule has 0 aliphatic rings. The number of nitrogens with one attached hydrogen (secondary N) is 2. The minimum absolute atomic E-state index is 0. The second-order valence-corrected chi connectivity index (χ2v) is 5.70. The van der Waals surface area contributed by atoms with Gasteiger partial charge in [-0.25, -0.2) is 4.99 Å². The Balaban J connectivity index is 0.00000312. The minimum Gasteiger partial charge on any atom is -0.496 e. The second kappa shape index (κ2) is 11.7. The van der Waals surface area contributed by atoms with Crippen LogP contribution in [-0.4, -0.2) is 26.2 Å². The third kappa shape index (κ3) is 6.94. The van der Waals surface area contributed by atoms with Crippen LogP contribution < -0.4 is 15.4 Å². The summed E-state index contributed by atoms with van der Waals surface area (Å²) in [5.41, 5.74) is 2.40. The van der Waals surface area contributed by atoms with Gasteiger partial charge >= 0.3 is 0 Å². The molecule has 0 spiro atoms. The van der Waals surface area contributed by atoms with Crippen LogP contribution in [0.2, 0.25) is 0 Å². The van der Waals surface area contributed by atoms with Crippen LogP contribution in [0.25, 0.3) is 0 Å². The van der Waals surface area contributed by atoms with Gasteiger partial charge in [-0.1, -0.05) is 55.5 Å². The molecule has 0 fully saturated rings. The van der Waals surface area contributed by atoms with Crippen molar-refractivity contribution in [1.29, 1.82) is 0 Å². The fourth-order valence-electron chi connectivity index (χ4n) is 2.53. The Bertz CT molecular complexity index is 646. The van der Waals surface area contributed by atoms with Crippen LogP contribution in [0.15, 0.2) is 59.6 Å². The summed E-state index contributed by atoms with van der Waals surface area (Å²) in [6.45, 7) is 6.55. The fourth-order valence-corrected chi connectivity index (χ4v) is 2.53. The zero-order valence-electron chi connectivity index (χ0n) is 15.2. The maximum absolute atomic E-state index is 5.45. The van der Waals surface area contributed by atoms with Crippen molar-refractivity contribution >= 4 is 29.9 Å². The molecule has 0 saturated heterocycles. The molecule has 0 aliphatic heterocycles. The molecule has 0 aliphatic carbocycles. The SMILES string of the molecule is CCNC(=NCc1ccccc1)NCC(C)c1ccccc1OC.I. The van der Waals surface area contributed by atoms with Gasteiger partial charge in [-0.3, -0.25) is 0 Å². The molecule has 5 heteroatoms. The zero-order valence-corrected chi connectivity index (χ0v) is 17.5. The van der Waals surface area contributed by atoms with E-state index in [1.165, 1.54) is 11.1 Å². The lowest BCUT2D eigenvalue weighted by Crippen LogP contribution is -2.39. The molecule has 0 bridgehead atoms. The van der Waals surface area contributed by atoms with Gasteiger partial charge < -0.3 is 15.4 Å². The number of aliphatic imine (C=N–C) groups is 1. The molecule has 136 valence electrons. The summed E-state index contributed by atoms with van der Waals surface area (Å²) in [5, 5.41) is 6.72. The lowest BCUT2D eigenvalue weighted by atomic mass is 10.0. The summed E-state index contributed by atoms with van der Waals surface area (Å²) in [4.78, 5) is 4.66. The van der Waals surface area contributed by atoms with E-state index in [2.05, 4.69) is 47.7 Å². The van der Waals surface area contributed by atoms with Gasteiger partial charge in [-0.15, -0.1) is 24.0 Å². The Hall–Kier alpha value is -1.76. The van der Waals surface area contributed by atoms with Crippen molar-refractivity contribution in [2.45, 2.75) is 26.3 Å². The van der Waals surface area contributed by atoms with Gasteiger partial charge in [0.25, 0.3) is 0 Å². The van der Waals surface area contributed by atoms with Gasteiger partial charge in [0.15, 0.2) is 5.96 Å². The minimum atomic E-state index is 0. The molecular formula is C20H28IN3O. The van der Waals surface area contributed by atoms with Crippen LogP contribution in [0.1, 0.15) is 30.9 Å². The average Bonchev–Trinajstić information content (AvgIpc) is 2.64. The Morgan fingerprint density at radius 3 is 2.40 bits per heavy atom. The van der Waals surface area contributed by atoms with Crippen molar-refractivity contribution < 1.29 is 4.74 Å². The zero-order chi connectivity index (χ0) is 17.2. The van der Waals surface area contributed by atoms with E-state index in [1.807, 2.05) is 36.4 Å². The maximum atomic E-state index is 5.45. The van der Waals surface area contributed by atoms with Gasteiger partial charge in [0, 0.05) is 19.0 Å². The molecule has 1 atom stereocenters. The monoisotopic (exact) mass is 453 g/mol. The predicted molar refractivity (Wildman–Crippen MR) is 116 cm³/mol. The van der Waals surface area contributed by atoms with Crippen LogP contribution in [-0.2, 0) is 6.54 Å². The van der Waals surface area contributed by atoms with Gasteiger partial charge in [0.2, 0.25) is 0 Å². The van der Waals surface area contributed by atoms with Crippen molar-refractivity contribution in [2.24, 2.45) is 4.99 Å². The summed E-state index contributed by atoms with van der Waals surface area (Å²) in [6.07, 6.45) is 0. The molecule has 1 unspecified atom stereocenters. The first-order chi connectivity index (χ1) is 11.7. The number of ether oxygens (including phenoxy) is 1. The van der Waals surface area contributed by atoms with Crippen LogP contribution in [0.3, 0.4) is 0 Å². The summed E-state index contributed by atoms with van der Waals surface area (Å²) in [6, 6.07) is 18.4. The molecule has 2 aromatic carbocycles. The van der Waals surface area contributed by atoms with Gasteiger partial charge in [-0.05, 0) is 24.1 Å². The number of hydrogen-bond donors (Lipinski definition) is 2. The number of benzene rings is 2. The fraction of sp³-hybridized carbons (Fsp3) is 0.350. The van der Waals surface area contributed by atoms with Crippen molar-refractivity contribution in [3.8, 4) is 5.75 Å². The van der Waals surface area contributed by atoms with E-state index in [9.17, 15) is 0 Å². The summed E-state index contributed by atoms with van der Waals surface area (Å²) in [5.74, 6) is 2.09. The Morgan fingerprint density at radius 1 is 1.04 bits per heavy atom. The van der Waals surface area contributed by atoms with E-state index < -0.39 is 0 Å². The second-order valence-electron chi connectivity index (χ2n) is 5.70. The Morgan fingerprint density at radius 2 is 1.72 bits per heavy atom. The Kier molecular flexibility index (Phi) is 9.99. The number of rotatable bonds is 7. The highest BCUT2D eigenvalue weighted by Gasteiger charge is 2.11. The number of para-hydroxylation sites is 1. The highest BCUT2D eigenvalue weighted by atomic mass is 127. The summed E-state index contributed by atoms with van der Waals surface area (Å²) in [7, 11) is 1.71. The molecule has 0 amide bonds. The third-order valence-electron chi connectivity index (χ3n) is 3.85. The van der Waals surface area contributed by atoms with Crippen molar-refractivity contribution in [2.75, 3.05) is 20.2 Å². The molecule has 0 saturated carbocycles. The molecule has 2 rings (SSSR count). The highest BCUT2D eigenvalue weighted by Crippen LogP contribution is 2.25. The molecule has 0 radical (unpaired) electrons. The van der Waals surface area contributed by atoms with Crippen molar-refractivity contribution in [3.63, 3.8) is 0 Å². The molecular weight excluding hydrogens is 425 g/mol. The van der Waals surface area contributed by atoms with E-state index in [-0.39, 0.29) is 24.0 Å². The van der Waals surface area contributed by atoms with Crippen molar-refractivity contribution in [1.82, 2.24) is 10.6 Å². The number of halogens is 1. The quantitative estimate of drug-likeness (QED) is 0.376. The summed E-state index contributed by atoms with van der Waals surface area (Å²) < 4.78 is 5.45. The lowest BCUT2D eigenvalue weighted by Gasteiger charge is -2.18. The van der Waals surface area contributed by atoms with E-state index >= 15 is 0 Å². The highest BCUT2D eigenvalue weighted by molar-refractivity contribution is 14.0. The first-order valence-electron chi connectivity index (χ1n) is 8.43. The van der Waals surface area contributed by atoms with E-state index in [4.69, 9.17) is 4.74 Å². The van der Waals surface area contributed by atoms with E-state index in [0.717, 1.165) is 24.8 Å². The topological polar surface area (TPSA) is 45.7 Å². The van der Waals surface area contributed by atoms with Crippen LogP contribution in [0.5, 0.6) is 5.75 Å². The largest absolute Gasteiger partial charge is 0.496 e. The smallest absolute Gasteiger partial charge is 0.191 e. The van der Waals surface area contributed by atoms with Crippen molar-refractivity contribution in [3.05, 3.63) is 65.7 Å². The maximum Gasteiger partial charge on any atom is 0.191 e. The Labute approximate surface area is 168 Å². The number of hydrogen-bond acceptors (Lipinski definition) is 2. The molecule has 25 heavy (non-hydrogen) atoms. The number of guanidine groups is 1. The molecule has 2 aromatic rings. The standard InChI is InChI=1S/C20H27N3O.HI/c1-4-21-20(23-15-17-10-6-5-7-11-17)22-14-16(2)18-12-8-9-13-19(18)24-3;/h5-13,16H,4,14-15H2,1-3H3,(H2,21,22,23);1H. The van der Waals surface area contributed by atoms with Gasteiger partial charge in [0.1, 0.15) is 5.75 Å². The van der Waals surface area contributed by atoms with E-state index in [1.54, 1.807) is 7.11 Å². The summed E-state index contributed by atoms with van der Waals surface area (Å²) >= 11 is 0. The third-order valence-corrected chi connectivity index (χ3v) is 3.85. The van der Waals surface area contributed by atoms with Crippen LogP contribution in [0, 0.1) is 0 Å². The molecule has 2 N–H and O–H groups in total. The molecule has 0 aromatic heterocycles. The molecule has 0 heterocycles. The normalized spacial score (nSPS) is 12.0. The van der Waals surface area contributed by atoms with E-state index in [0.29, 0.717) is 12.5 Å². The molecule has 4 nitrogen and oxygen atoms in total. The average molecular weight is 453 g/mol. The van der Waals surface area contributed by atoms with Gasteiger partial charge in [-0.2, -0.15) is 0 Å². The first-order valence-corrected chi connectivity index (χ1v) is 8.43. The van der Waals surface area contributed by atoms with Gasteiger partial charge in [0.05, 0.1) is 13.7 Å². The lowest BCUT2D eigenvalue weighted by molar-refractivity contribution is 0.406. The predicted octanol–water partition coefficient (Wildman–Crippen LogP) is 4.17.